The summed E-state index contributed by atoms with van der Waals surface area (Å²) < 4.78 is 29.9. The topological polar surface area (TPSA) is 81.8 Å². The van der Waals surface area contributed by atoms with Crippen LogP contribution in [0.4, 0.5) is 8.78 Å². The van der Waals surface area contributed by atoms with E-state index in [2.05, 4.69) is 15.5 Å². The first kappa shape index (κ1) is 18.5. The lowest BCUT2D eigenvalue weighted by molar-refractivity contribution is 0.0999. The van der Waals surface area contributed by atoms with Crippen LogP contribution in [0.1, 0.15) is 21.5 Å². The van der Waals surface area contributed by atoms with Crippen LogP contribution in [-0.4, -0.2) is 25.3 Å². The number of nitrogens with one attached hydrogen (secondary N) is 1. The number of nitrogens with zero attached hydrogens (tertiary/aromatic N) is 4. The normalized spacial score (nSPS) is 11.0. The predicted molar refractivity (Wildman–Crippen MR) is 103 cm³/mol. The molecule has 1 amide bonds. The van der Waals surface area contributed by atoms with Crippen molar-refractivity contribution in [2.45, 2.75) is 13.8 Å². The SMILES string of the molecule is Cc1ccc(-n2ncc3c(=O)n(NC(=O)c4c(F)cccc4F)cnc32)cc1C. The third-order valence-corrected chi connectivity index (χ3v) is 4.64. The minimum atomic E-state index is -1.11. The highest BCUT2D eigenvalue weighted by molar-refractivity contribution is 6.00. The van der Waals surface area contributed by atoms with E-state index in [1.54, 1.807) is 0 Å². The zero-order chi connectivity index (χ0) is 20.7. The Morgan fingerprint density at radius 2 is 1.79 bits per heavy atom. The molecule has 29 heavy (non-hydrogen) atoms. The largest absolute Gasteiger partial charge is 0.283 e. The third-order valence-electron chi connectivity index (χ3n) is 4.64. The fraction of sp³-hybridized carbons (Fsp3) is 0.100. The highest BCUT2D eigenvalue weighted by Gasteiger charge is 2.19. The van der Waals surface area contributed by atoms with Gasteiger partial charge in [0.15, 0.2) is 5.65 Å². The smallest absolute Gasteiger partial charge is 0.267 e. The van der Waals surface area contributed by atoms with Crippen molar-refractivity contribution in [3.8, 4) is 5.69 Å². The average Bonchev–Trinajstić information content (AvgIpc) is 3.11. The Labute approximate surface area is 163 Å². The molecular weight excluding hydrogens is 380 g/mol. The summed E-state index contributed by atoms with van der Waals surface area (Å²) in [5, 5.41) is 4.35. The van der Waals surface area contributed by atoms with E-state index >= 15 is 0 Å². The van der Waals surface area contributed by atoms with E-state index < -0.39 is 28.7 Å². The lowest BCUT2D eigenvalue weighted by atomic mass is 10.1. The second-order valence-electron chi connectivity index (χ2n) is 6.52. The highest BCUT2D eigenvalue weighted by atomic mass is 19.1. The number of halogens is 2. The summed E-state index contributed by atoms with van der Waals surface area (Å²) in [7, 11) is 0. The van der Waals surface area contributed by atoms with E-state index in [0.29, 0.717) is 5.65 Å². The highest BCUT2D eigenvalue weighted by Crippen LogP contribution is 2.17. The molecule has 0 aliphatic rings. The fourth-order valence-corrected chi connectivity index (χ4v) is 2.92. The molecule has 0 radical (unpaired) electrons. The summed E-state index contributed by atoms with van der Waals surface area (Å²) in [6.45, 7) is 3.95. The quantitative estimate of drug-likeness (QED) is 0.578. The van der Waals surface area contributed by atoms with Crippen LogP contribution in [-0.2, 0) is 0 Å². The van der Waals surface area contributed by atoms with Crippen LogP contribution in [0.5, 0.6) is 0 Å². The summed E-state index contributed by atoms with van der Waals surface area (Å²) in [4.78, 5) is 29.1. The predicted octanol–water partition coefficient (Wildman–Crippen LogP) is 2.86. The lowest BCUT2D eigenvalue weighted by Crippen LogP contribution is -2.34. The van der Waals surface area contributed by atoms with E-state index in [0.717, 1.165) is 46.0 Å². The number of hydrogen-bond acceptors (Lipinski definition) is 4. The maximum absolute atomic E-state index is 13.8. The Kier molecular flexibility index (Phi) is 4.42. The van der Waals surface area contributed by atoms with Crippen molar-refractivity contribution in [2.75, 3.05) is 5.43 Å². The molecule has 2 heterocycles. The van der Waals surface area contributed by atoms with E-state index in [9.17, 15) is 18.4 Å². The van der Waals surface area contributed by atoms with Crippen LogP contribution in [0.3, 0.4) is 0 Å². The number of carbonyl (C=O) groups excluding carboxylic acids is 1. The average molecular weight is 395 g/mol. The Hall–Kier alpha value is -3.88. The van der Waals surface area contributed by atoms with Crippen LogP contribution in [0.25, 0.3) is 16.7 Å². The van der Waals surface area contributed by atoms with Gasteiger partial charge in [-0.3, -0.25) is 15.0 Å². The Bertz CT molecular complexity index is 1310. The van der Waals surface area contributed by atoms with Crippen LogP contribution in [0, 0.1) is 25.5 Å². The second kappa shape index (κ2) is 6.93. The molecule has 0 spiro atoms. The fourth-order valence-electron chi connectivity index (χ4n) is 2.92. The molecule has 0 aliphatic heterocycles. The van der Waals surface area contributed by atoms with E-state index in [-0.39, 0.29) is 5.39 Å². The Morgan fingerprint density at radius 1 is 1.07 bits per heavy atom. The van der Waals surface area contributed by atoms with Gasteiger partial charge >= 0.3 is 0 Å². The first-order valence-electron chi connectivity index (χ1n) is 8.65. The molecule has 0 saturated carbocycles. The molecule has 0 bridgehead atoms. The number of amides is 1. The first-order valence-corrected chi connectivity index (χ1v) is 8.65. The number of aromatic nitrogens is 4. The molecule has 0 unspecified atom stereocenters. The molecule has 0 atom stereocenters. The number of benzene rings is 2. The molecular formula is C20H15F2N5O2. The van der Waals surface area contributed by atoms with E-state index in [4.69, 9.17) is 0 Å². The zero-order valence-corrected chi connectivity index (χ0v) is 15.5. The van der Waals surface area contributed by atoms with Gasteiger partial charge in [-0.2, -0.15) is 5.10 Å². The Balaban J connectivity index is 1.73. The van der Waals surface area contributed by atoms with Gasteiger partial charge in [-0.15, -0.1) is 0 Å². The molecule has 0 fully saturated rings. The van der Waals surface area contributed by atoms with Crippen molar-refractivity contribution in [1.82, 2.24) is 19.4 Å². The molecule has 1 N–H and O–H groups in total. The second-order valence-corrected chi connectivity index (χ2v) is 6.52. The van der Waals surface area contributed by atoms with Crippen LogP contribution >= 0.6 is 0 Å². The van der Waals surface area contributed by atoms with Crippen LogP contribution < -0.4 is 11.0 Å². The summed E-state index contributed by atoms with van der Waals surface area (Å²) in [6, 6.07) is 8.75. The van der Waals surface area contributed by atoms with Gasteiger partial charge < -0.3 is 0 Å². The Morgan fingerprint density at radius 3 is 2.48 bits per heavy atom. The number of aryl methyl sites for hydroxylation is 2. The van der Waals surface area contributed by atoms with Crippen molar-refractivity contribution >= 4 is 16.9 Å². The number of rotatable bonds is 3. The zero-order valence-electron chi connectivity index (χ0n) is 15.5. The molecule has 7 nitrogen and oxygen atoms in total. The van der Waals surface area contributed by atoms with Crippen molar-refractivity contribution in [3.05, 3.63) is 87.6 Å². The molecule has 0 aliphatic carbocycles. The molecule has 2 aromatic carbocycles. The molecule has 9 heteroatoms. The summed E-state index contributed by atoms with van der Waals surface area (Å²) in [5.41, 5.74) is 3.92. The number of fused-ring (bicyclic) bond motifs is 1. The molecule has 0 saturated heterocycles. The standard InChI is InChI=1S/C20H15F2N5O2/c1-11-6-7-13(8-12(11)2)27-18-14(9-24-27)20(29)26(10-23-18)25-19(28)17-15(21)4-3-5-16(17)22/h3-10H,1-2H3,(H,25,28). The van der Waals surface area contributed by atoms with Crippen molar-refractivity contribution in [2.24, 2.45) is 0 Å². The van der Waals surface area contributed by atoms with Crippen LogP contribution in [0.2, 0.25) is 0 Å². The van der Waals surface area contributed by atoms with Crippen molar-refractivity contribution < 1.29 is 13.6 Å². The van der Waals surface area contributed by atoms with E-state index in [1.807, 2.05) is 32.0 Å². The van der Waals surface area contributed by atoms with Gasteiger partial charge in [0.2, 0.25) is 0 Å². The minimum Gasteiger partial charge on any atom is -0.267 e. The number of hydrogen-bond donors (Lipinski definition) is 1. The van der Waals surface area contributed by atoms with Gasteiger partial charge in [-0.1, -0.05) is 12.1 Å². The lowest BCUT2D eigenvalue weighted by Gasteiger charge is -2.09. The van der Waals surface area contributed by atoms with Gasteiger partial charge in [0.1, 0.15) is 28.9 Å². The number of carbonyl (C=O) groups is 1. The van der Waals surface area contributed by atoms with Crippen molar-refractivity contribution in [1.29, 1.82) is 0 Å². The molecule has 4 rings (SSSR count). The van der Waals surface area contributed by atoms with Gasteiger partial charge in [0.25, 0.3) is 11.5 Å². The maximum Gasteiger partial charge on any atom is 0.283 e. The van der Waals surface area contributed by atoms with Gasteiger partial charge in [-0.05, 0) is 49.2 Å². The van der Waals surface area contributed by atoms with Gasteiger partial charge in [0.05, 0.1) is 11.9 Å². The summed E-state index contributed by atoms with van der Waals surface area (Å²) in [6.07, 6.45) is 2.40. The van der Waals surface area contributed by atoms with E-state index in [1.165, 1.54) is 10.9 Å². The van der Waals surface area contributed by atoms with Gasteiger partial charge in [-0.25, -0.2) is 23.1 Å². The minimum absolute atomic E-state index is 0.139. The molecule has 146 valence electrons. The summed E-state index contributed by atoms with van der Waals surface area (Å²) in [5.74, 6) is -3.18. The van der Waals surface area contributed by atoms with Crippen molar-refractivity contribution in [3.63, 3.8) is 0 Å². The third kappa shape index (κ3) is 3.16. The summed E-state index contributed by atoms with van der Waals surface area (Å²) >= 11 is 0. The maximum atomic E-state index is 13.8. The monoisotopic (exact) mass is 395 g/mol. The first-order chi connectivity index (χ1) is 13.9. The molecule has 2 aromatic heterocycles. The van der Waals surface area contributed by atoms with Gasteiger partial charge in [0, 0.05) is 0 Å². The molecule has 4 aromatic rings. The van der Waals surface area contributed by atoms with Crippen LogP contribution in [0.15, 0.2) is 53.7 Å².